The molecule has 50 heavy (non-hydrogen) atoms. The van der Waals surface area contributed by atoms with E-state index in [0.29, 0.717) is 11.4 Å². The number of hydrogen-bond donors (Lipinski definition) is 4. The molecule has 0 saturated heterocycles. The highest BCUT2D eigenvalue weighted by Gasteiger charge is 2.23. The van der Waals surface area contributed by atoms with Gasteiger partial charge in [-0.1, -0.05) is 6.08 Å². The molecule has 1 rings (SSSR count). The molecule has 0 atom stereocenters. The number of rotatable bonds is 22. The van der Waals surface area contributed by atoms with E-state index in [2.05, 4.69) is 4.99 Å². The second-order valence-electron chi connectivity index (χ2n) is 10.8. The first-order valence-corrected chi connectivity index (χ1v) is 21.3. The van der Waals surface area contributed by atoms with E-state index in [1.54, 1.807) is 32.1 Å². The van der Waals surface area contributed by atoms with Crippen molar-refractivity contribution in [1.82, 2.24) is 0 Å². The molecule has 0 radical (unpaired) electrons. The molecule has 0 saturated carbocycles. The first-order chi connectivity index (χ1) is 22.9. The van der Waals surface area contributed by atoms with E-state index in [9.17, 15) is 47.8 Å². The third-order valence-electron chi connectivity index (χ3n) is 6.49. The first-order valence-electron chi connectivity index (χ1n) is 14.8. The summed E-state index contributed by atoms with van der Waals surface area (Å²) in [6, 6.07) is 2.46. The largest absolute Gasteiger partial charge is 0.462 e. The van der Waals surface area contributed by atoms with Crippen LogP contribution in [0.15, 0.2) is 41.1 Å². The highest BCUT2D eigenvalue weighted by molar-refractivity contribution is 7.86. The topological polar surface area (TPSA) is 286 Å². The average Bonchev–Trinajstić information content (AvgIpc) is 2.96. The number of allylic oxidation sites excluding steroid dienone is 4. The molecule has 0 unspecified atom stereocenters. The van der Waals surface area contributed by atoms with Crippen LogP contribution in [0.1, 0.15) is 65.8 Å². The van der Waals surface area contributed by atoms with Gasteiger partial charge >= 0.3 is 11.9 Å². The van der Waals surface area contributed by atoms with Crippen molar-refractivity contribution in [3.8, 4) is 0 Å². The molecule has 0 heterocycles. The molecule has 4 N–H and O–H groups in total. The van der Waals surface area contributed by atoms with Crippen LogP contribution < -0.4 is 4.90 Å². The van der Waals surface area contributed by atoms with Gasteiger partial charge in [0.2, 0.25) is 0 Å². The van der Waals surface area contributed by atoms with Crippen LogP contribution in [0, 0.1) is 6.92 Å². The van der Waals surface area contributed by atoms with Crippen LogP contribution in [0.4, 0.5) is 5.69 Å². The summed E-state index contributed by atoms with van der Waals surface area (Å²) in [7, 11) is -17.2. The van der Waals surface area contributed by atoms with Crippen LogP contribution in [0.2, 0.25) is 0 Å². The average molecular weight is 791 g/mol. The summed E-state index contributed by atoms with van der Waals surface area (Å²) in [6.07, 6.45) is 4.20. The molecule has 0 fully saturated rings. The molecule has 0 aliphatic heterocycles. The third-order valence-corrected chi connectivity index (χ3v) is 9.71. The van der Waals surface area contributed by atoms with Gasteiger partial charge in [-0.05, 0) is 76.3 Å². The lowest BCUT2D eigenvalue weighted by atomic mass is 10.0. The lowest BCUT2D eigenvalue weighted by molar-refractivity contribution is 0.0502. The predicted octanol–water partition coefficient (Wildman–Crippen LogP) is 2.15. The summed E-state index contributed by atoms with van der Waals surface area (Å²) in [5.74, 6) is -4.45. The molecule has 1 aromatic carbocycles. The Labute approximate surface area is 292 Å². The lowest BCUT2D eigenvalue weighted by Gasteiger charge is -2.28. The lowest BCUT2D eigenvalue weighted by Crippen LogP contribution is -2.26. The molecular formula is C28H42N2O16S4. The minimum Gasteiger partial charge on any atom is -0.462 e. The molecule has 0 aliphatic rings. The molecule has 0 amide bonds. The van der Waals surface area contributed by atoms with Crippen molar-refractivity contribution >= 4 is 63.8 Å². The fourth-order valence-corrected chi connectivity index (χ4v) is 6.10. The quantitative estimate of drug-likeness (QED) is 0.0430. The number of esters is 2. The van der Waals surface area contributed by atoms with Crippen molar-refractivity contribution in [2.75, 3.05) is 54.2 Å². The van der Waals surface area contributed by atoms with E-state index in [1.807, 2.05) is 0 Å². The summed E-state index contributed by atoms with van der Waals surface area (Å²) in [6.45, 7) is 3.95. The Morgan fingerprint density at radius 3 is 1.74 bits per heavy atom. The van der Waals surface area contributed by atoms with Gasteiger partial charge in [-0.25, -0.2) is 9.59 Å². The van der Waals surface area contributed by atoms with Crippen molar-refractivity contribution < 1.29 is 70.9 Å². The second-order valence-corrected chi connectivity index (χ2v) is 17.1. The Morgan fingerprint density at radius 1 is 0.740 bits per heavy atom. The van der Waals surface area contributed by atoms with Crippen LogP contribution in [0.3, 0.4) is 0 Å². The number of carbonyl (C=O) groups is 2. The number of anilines is 1. The third kappa shape index (κ3) is 19.8. The van der Waals surface area contributed by atoms with E-state index in [4.69, 9.17) is 23.1 Å². The van der Waals surface area contributed by atoms with Crippen molar-refractivity contribution in [1.29, 1.82) is 0 Å². The van der Waals surface area contributed by atoms with Crippen LogP contribution in [-0.4, -0.2) is 119 Å². The summed E-state index contributed by atoms with van der Waals surface area (Å²) < 4.78 is 135. The van der Waals surface area contributed by atoms with Crippen molar-refractivity contribution in [3.05, 3.63) is 52.7 Å². The Kier molecular flexibility index (Phi) is 17.9. The first kappa shape index (κ1) is 44.8. The van der Waals surface area contributed by atoms with Gasteiger partial charge in [-0.3, -0.25) is 23.2 Å². The summed E-state index contributed by atoms with van der Waals surface area (Å²) in [5.41, 5.74) is 0.970. The van der Waals surface area contributed by atoms with Crippen molar-refractivity contribution in [3.63, 3.8) is 0 Å². The molecule has 22 heteroatoms. The Morgan fingerprint density at radius 2 is 1.22 bits per heavy atom. The van der Waals surface area contributed by atoms with Gasteiger partial charge in [-0.2, -0.15) is 33.7 Å². The van der Waals surface area contributed by atoms with Gasteiger partial charge in [0.15, 0.2) is 0 Å². The number of hydrogen-bond acceptors (Lipinski definition) is 14. The maximum absolute atomic E-state index is 13.1. The fraction of sp³-hybridized carbons (Fsp3) is 0.536. The van der Waals surface area contributed by atoms with Crippen LogP contribution in [-0.2, 0) is 49.9 Å². The van der Waals surface area contributed by atoms with Gasteiger partial charge in [0, 0.05) is 30.2 Å². The summed E-state index contributed by atoms with van der Waals surface area (Å²) in [4.78, 5) is 31.9. The minimum absolute atomic E-state index is 0.0742. The number of aliphatic imine (C=N–C) groups is 1. The summed E-state index contributed by atoms with van der Waals surface area (Å²) in [5, 5.41) is 0. The fourth-order valence-electron chi connectivity index (χ4n) is 4.15. The van der Waals surface area contributed by atoms with E-state index < -0.39 is 88.6 Å². The summed E-state index contributed by atoms with van der Waals surface area (Å²) >= 11 is 0. The van der Waals surface area contributed by atoms with Gasteiger partial charge in [0.05, 0.1) is 47.4 Å². The zero-order valence-corrected chi connectivity index (χ0v) is 30.9. The highest BCUT2D eigenvalue weighted by atomic mass is 32.2. The molecule has 1 aromatic rings. The zero-order valence-electron chi connectivity index (χ0n) is 27.6. The van der Waals surface area contributed by atoms with Crippen molar-refractivity contribution in [2.45, 2.75) is 46.5 Å². The van der Waals surface area contributed by atoms with E-state index in [0.717, 1.165) is 6.07 Å². The Bertz CT molecular complexity index is 1880. The SMILES string of the molecule is CC(/C=C/C=C(\C)N(CCCS(=O)(=O)O)c1cc(C(=O)OCCCS(=O)(=O)O)cc(C(=O)OCCCS(=O)(=O)O)c1C)=N/CCCS(=O)(=O)O. The highest BCUT2D eigenvalue weighted by Crippen LogP contribution is 2.30. The van der Waals surface area contributed by atoms with Gasteiger partial charge < -0.3 is 14.4 Å². The maximum Gasteiger partial charge on any atom is 0.338 e. The molecule has 0 bridgehead atoms. The number of benzene rings is 1. The predicted molar refractivity (Wildman–Crippen MR) is 184 cm³/mol. The van der Waals surface area contributed by atoms with Gasteiger partial charge in [-0.15, -0.1) is 0 Å². The van der Waals surface area contributed by atoms with E-state index in [-0.39, 0.29) is 61.2 Å². The number of carbonyl (C=O) groups excluding carboxylic acids is 2. The molecule has 18 nitrogen and oxygen atoms in total. The zero-order chi connectivity index (χ0) is 38.3. The standard InChI is InChI=1S/C28H42N2O16S4/c1-21(29-11-5-15-47(33,34)35)9-4-10-22(2)30(12-6-16-48(36,37)38)26-20-24(27(31)45-13-7-17-49(39,40)41)19-25(23(26)3)28(32)46-14-8-18-50(42,43)44/h4,9-10,19-20H,5-8,11-18H2,1-3H3,(H,33,34,35)(H,36,37,38)(H,39,40,41)(H,42,43,44)/b9-4+,22-10+,29-21-. The van der Waals surface area contributed by atoms with Crippen LogP contribution >= 0.6 is 0 Å². The number of nitrogens with zero attached hydrogens (tertiary/aromatic N) is 2. The van der Waals surface area contributed by atoms with Crippen LogP contribution in [0.25, 0.3) is 0 Å². The molecular weight excluding hydrogens is 749 g/mol. The van der Waals surface area contributed by atoms with Crippen molar-refractivity contribution in [2.24, 2.45) is 4.99 Å². The van der Waals surface area contributed by atoms with Gasteiger partial charge in [0.25, 0.3) is 40.5 Å². The molecule has 0 spiro atoms. The molecule has 0 aromatic heterocycles. The minimum atomic E-state index is -4.37. The monoisotopic (exact) mass is 790 g/mol. The van der Waals surface area contributed by atoms with E-state index in [1.165, 1.54) is 17.9 Å². The second kappa shape index (κ2) is 20.0. The molecule has 284 valence electrons. The smallest absolute Gasteiger partial charge is 0.338 e. The van der Waals surface area contributed by atoms with E-state index >= 15 is 0 Å². The van der Waals surface area contributed by atoms with Crippen LogP contribution in [0.5, 0.6) is 0 Å². The Balaban J connectivity index is 3.58. The normalized spacial score (nSPS) is 13.4. The van der Waals surface area contributed by atoms with Gasteiger partial charge in [0.1, 0.15) is 0 Å². The molecule has 0 aliphatic carbocycles. The Hall–Kier alpha value is -3.25. The number of ether oxygens (including phenoxy) is 2. The maximum atomic E-state index is 13.1.